The number of hydrogen-bond donors (Lipinski definition) is 3. The molecule has 0 atom stereocenters. The van der Waals surface area contributed by atoms with E-state index in [1.54, 1.807) is 0 Å². The average molecular weight is 330 g/mol. The Hall–Kier alpha value is -2.07. The fourth-order valence-electron chi connectivity index (χ4n) is 1.46. The molecule has 0 spiro atoms. The van der Waals surface area contributed by atoms with Crippen molar-refractivity contribution in [3.8, 4) is 0 Å². The summed E-state index contributed by atoms with van der Waals surface area (Å²) in [4.78, 5) is 0.0123. The van der Waals surface area contributed by atoms with E-state index in [2.05, 4.69) is 19.6 Å². The van der Waals surface area contributed by atoms with Crippen molar-refractivity contribution in [1.29, 1.82) is 0 Å². The van der Waals surface area contributed by atoms with Gasteiger partial charge in [0.2, 0.25) is 10.0 Å². The van der Waals surface area contributed by atoms with Crippen molar-refractivity contribution < 1.29 is 16.8 Å². The van der Waals surface area contributed by atoms with Gasteiger partial charge in [-0.1, -0.05) is 0 Å². The lowest BCUT2D eigenvalue weighted by Crippen LogP contribution is -2.15. The van der Waals surface area contributed by atoms with Crippen molar-refractivity contribution in [2.75, 3.05) is 15.2 Å². The van der Waals surface area contributed by atoms with Crippen LogP contribution in [-0.4, -0.2) is 32.8 Å². The van der Waals surface area contributed by atoms with Crippen molar-refractivity contribution in [3.05, 3.63) is 36.7 Å². The van der Waals surface area contributed by atoms with Gasteiger partial charge in [0, 0.05) is 17.6 Å². The molecule has 0 unspecified atom stereocenters. The fourth-order valence-corrected chi connectivity index (χ4v) is 3.06. The van der Waals surface area contributed by atoms with Crippen LogP contribution >= 0.6 is 0 Å². The second kappa shape index (κ2) is 5.74. The molecule has 2 rings (SSSR count). The van der Waals surface area contributed by atoms with Crippen molar-refractivity contribution in [1.82, 2.24) is 10.2 Å². The van der Waals surface area contributed by atoms with Crippen LogP contribution in [0, 0.1) is 0 Å². The number of sulfonamides is 2. The summed E-state index contributed by atoms with van der Waals surface area (Å²) < 4.78 is 51.4. The highest BCUT2D eigenvalue weighted by molar-refractivity contribution is 7.93. The van der Waals surface area contributed by atoms with Gasteiger partial charge in [0.15, 0.2) is 0 Å². The zero-order valence-corrected chi connectivity index (χ0v) is 12.7. The molecule has 0 amide bonds. The van der Waals surface area contributed by atoms with Crippen LogP contribution in [0.1, 0.15) is 6.92 Å². The van der Waals surface area contributed by atoms with Gasteiger partial charge in [-0.3, -0.25) is 14.5 Å². The van der Waals surface area contributed by atoms with E-state index in [0.29, 0.717) is 11.4 Å². The lowest BCUT2D eigenvalue weighted by molar-refractivity contribution is 0.600. The molecule has 0 saturated heterocycles. The topological polar surface area (TPSA) is 121 Å². The molecule has 21 heavy (non-hydrogen) atoms. The summed E-state index contributed by atoms with van der Waals surface area (Å²) in [5.41, 5.74) is 0.679. The van der Waals surface area contributed by atoms with Gasteiger partial charge in [-0.2, -0.15) is 5.10 Å². The second-order valence-electron chi connectivity index (χ2n) is 4.12. The summed E-state index contributed by atoms with van der Waals surface area (Å²) >= 11 is 0. The quantitative estimate of drug-likeness (QED) is 0.729. The van der Waals surface area contributed by atoms with Crippen LogP contribution < -0.4 is 9.44 Å². The molecule has 0 bridgehead atoms. The Labute approximate surface area is 122 Å². The molecule has 0 aliphatic heterocycles. The summed E-state index contributed by atoms with van der Waals surface area (Å²) in [6, 6.07) is 5.87. The first kappa shape index (κ1) is 15.3. The number of aromatic amines is 1. The van der Waals surface area contributed by atoms with E-state index >= 15 is 0 Å². The third kappa shape index (κ3) is 3.95. The smallest absolute Gasteiger partial charge is 0.265 e. The molecular formula is C11H14N4O4S2. The van der Waals surface area contributed by atoms with Crippen LogP contribution in [0.3, 0.4) is 0 Å². The monoisotopic (exact) mass is 330 g/mol. The molecule has 10 heteroatoms. The maximum atomic E-state index is 11.9. The molecule has 8 nitrogen and oxygen atoms in total. The molecule has 1 heterocycles. The number of benzene rings is 1. The average Bonchev–Trinajstić information content (AvgIpc) is 2.95. The van der Waals surface area contributed by atoms with E-state index in [-0.39, 0.29) is 10.6 Å². The van der Waals surface area contributed by atoms with Gasteiger partial charge in [0.05, 0.1) is 11.9 Å². The molecule has 0 aliphatic carbocycles. The van der Waals surface area contributed by atoms with Gasteiger partial charge < -0.3 is 0 Å². The SMILES string of the molecule is CCS(=O)(=O)Nc1ccc(NS(=O)(=O)c2cn[nH]c2)cc1. The maximum Gasteiger partial charge on any atom is 0.265 e. The first-order valence-electron chi connectivity index (χ1n) is 5.94. The predicted molar refractivity (Wildman–Crippen MR) is 78.9 cm³/mol. The normalized spacial score (nSPS) is 12.0. The molecule has 3 N–H and O–H groups in total. The zero-order valence-electron chi connectivity index (χ0n) is 11.1. The van der Waals surface area contributed by atoms with Crippen LogP contribution in [0.4, 0.5) is 11.4 Å². The van der Waals surface area contributed by atoms with Gasteiger partial charge in [-0.15, -0.1) is 0 Å². The van der Waals surface area contributed by atoms with Gasteiger partial charge >= 0.3 is 0 Å². The van der Waals surface area contributed by atoms with Crippen LogP contribution in [-0.2, 0) is 20.0 Å². The molecule has 1 aromatic carbocycles. The number of rotatable bonds is 6. The Bertz CT molecular complexity index is 796. The number of anilines is 2. The Morgan fingerprint density at radius 2 is 1.62 bits per heavy atom. The maximum absolute atomic E-state index is 11.9. The molecular weight excluding hydrogens is 316 g/mol. The standard InChI is InChI=1S/C11H14N4O4S2/c1-2-20(16,17)14-9-3-5-10(6-4-9)15-21(18,19)11-7-12-13-8-11/h3-8,14-15H,2H2,1H3,(H,12,13). The van der Waals surface area contributed by atoms with Crippen molar-refractivity contribution in [2.24, 2.45) is 0 Å². The van der Waals surface area contributed by atoms with Gasteiger partial charge in [0.1, 0.15) is 4.90 Å². The summed E-state index contributed by atoms with van der Waals surface area (Å²) in [5.74, 6) is -0.0398. The van der Waals surface area contributed by atoms with E-state index in [1.165, 1.54) is 43.6 Å². The van der Waals surface area contributed by atoms with E-state index in [1.807, 2.05) is 0 Å². The zero-order chi connectivity index (χ0) is 15.5. The molecule has 2 aromatic rings. The van der Waals surface area contributed by atoms with Gasteiger partial charge in [-0.05, 0) is 31.2 Å². The summed E-state index contributed by atoms with van der Waals surface area (Å²) in [7, 11) is -7.06. The van der Waals surface area contributed by atoms with E-state index in [9.17, 15) is 16.8 Å². The number of H-pyrrole nitrogens is 1. The summed E-state index contributed by atoms with van der Waals surface area (Å²) in [6.45, 7) is 1.52. The Morgan fingerprint density at radius 3 is 2.10 bits per heavy atom. The van der Waals surface area contributed by atoms with E-state index in [4.69, 9.17) is 0 Å². The summed E-state index contributed by atoms with van der Waals surface area (Å²) in [6.07, 6.45) is 2.44. The van der Waals surface area contributed by atoms with Crippen LogP contribution in [0.15, 0.2) is 41.6 Å². The third-order valence-electron chi connectivity index (χ3n) is 2.57. The third-order valence-corrected chi connectivity index (χ3v) is 5.23. The van der Waals surface area contributed by atoms with Crippen LogP contribution in [0.25, 0.3) is 0 Å². The van der Waals surface area contributed by atoms with Crippen molar-refractivity contribution in [3.63, 3.8) is 0 Å². The number of nitrogens with zero attached hydrogens (tertiary/aromatic N) is 1. The second-order valence-corrected chi connectivity index (χ2v) is 7.82. The Balaban J connectivity index is 2.14. The largest absolute Gasteiger partial charge is 0.284 e. The minimum atomic E-state index is -3.71. The Morgan fingerprint density at radius 1 is 1.05 bits per heavy atom. The van der Waals surface area contributed by atoms with E-state index < -0.39 is 20.0 Å². The highest BCUT2D eigenvalue weighted by Gasteiger charge is 2.15. The fraction of sp³-hybridized carbons (Fsp3) is 0.182. The van der Waals surface area contributed by atoms with Crippen molar-refractivity contribution >= 4 is 31.4 Å². The van der Waals surface area contributed by atoms with Gasteiger partial charge in [-0.25, -0.2) is 16.8 Å². The highest BCUT2D eigenvalue weighted by atomic mass is 32.2. The lowest BCUT2D eigenvalue weighted by atomic mass is 10.3. The molecule has 114 valence electrons. The molecule has 0 saturated carbocycles. The molecule has 1 aromatic heterocycles. The number of hydrogen-bond acceptors (Lipinski definition) is 5. The predicted octanol–water partition coefficient (Wildman–Crippen LogP) is 0.972. The molecule has 0 aliphatic rings. The minimum Gasteiger partial charge on any atom is -0.284 e. The lowest BCUT2D eigenvalue weighted by Gasteiger charge is -2.08. The molecule has 0 radical (unpaired) electrons. The number of aromatic nitrogens is 2. The minimum absolute atomic E-state index is 0.0123. The highest BCUT2D eigenvalue weighted by Crippen LogP contribution is 2.18. The van der Waals surface area contributed by atoms with Gasteiger partial charge in [0.25, 0.3) is 10.0 Å². The Kier molecular flexibility index (Phi) is 4.19. The first-order chi connectivity index (χ1) is 9.82. The molecule has 0 fully saturated rings. The van der Waals surface area contributed by atoms with Crippen LogP contribution in [0.5, 0.6) is 0 Å². The summed E-state index contributed by atoms with van der Waals surface area (Å²) in [5, 5.41) is 5.99. The van der Waals surface area contributed by atoms with Crippen molar-refractivity contribution in [2.45, 2.75) is 11.8 Å². The van der Waals surface area contributed by atoms with E-state index in [0.717, 1.165) is 0 Å². The van der Waals surface area contributed by atoms with Crippen LogP contribution in [0.2, 0.25) is 0 Å². The first-order valence-corrected chi connectivity index (χ1v) is 9.08. The number of nitrogens with one attached hydrogen (secondary N) is 3.